The highest BCUT2D eigenvalue weighted by atomic mass is 16.4. The first-order chi connectivity index (χ1) is 9.98. The maximum Gasteiger partial charge on any atom is 0.329 e. The Hall–Kier alpha value is -2.11. The summed E-state index contributed by atoms with van der Waals surface area (Å²) < 4.78 is 0. The summed E-state index contributed by atoms with van der Waals surface area (Å²) in [4.78, 5) is 38.1. The monoisotopic (exact) mass is 292 g/mol. The molecular weight excluding hydrogens is 272 g/mol. The molecule has 1 heterocycles. The van der Waals surface area contributed by atoms with E-state index >= 15 is 0 Å². The van der Waals surface area contributed by atoms with Crippen LogP contribution >= 0.6 is 0 Å². The Balaban J connectivity index is 2.18. The van der Waals surface area contributed by atoms with Crippen LogP contribution in [0, 0.1) is 5.92 Å². The van der Waals surface area contributed by atoms with Crippen molar-refractivity contribution in [2.24, 2.45) is 5.92 Å². The molecule has 0 aliphatic heterocycles. The number of aliphatic carboxylic acids is 1. The summed E-state index contributed by atoms with van der Waals surface area (Å²) >= 11 is 0. The predicted molar refractivity (Wildman–Crippen MR) is 77.1 cm³/mol. The van der Waals surface area contributed by atoms with Crippen molar-refractivity contribution in [2.45, 2.75) is 44.6 Å². The molecule has 0 bridgehead atoms. The van der Waals surface area contributed by atoms with Crippen molar-refractivity contribution in [1.82, 2.24) is 10.3 Å². The molecule has 0 atom stereocenters. The number of hydrogen-bond acceptors (Lipinski definition) is 3. The van der Waals surface area contributed by atoms with Gasteiger partial charge in [0.2, 0.25) is 0 Å². The molecule has 1 aliphatic carbocycles. The van der Waals surface area contributed by atoms with Gasteiger partial charge in [0.25, 0.3) is 5.91 Å². The number of pyridine rings is 1. The number of amides is 1. The molecule has 1 aromatic rings. The molecule has 1 amide bonds. The fraction of sp³-hybridized carbons (Fsp3) is 0.533. The van der Waals surface area contributed by atoms with Crippen LogP contribution < -0.4 is 10.7 Å². The average molecular weight is 292 g/mol. The lowest BCUT2D eigenvalue weighted by atomic mass is 9.75. The Bertz CT molecular complexity index is 585. The van der Waals surface area contributed by atoms with Crippen LogP contribution in [0.25, 0.3) is 0 Å². The van der Waals surface area contributed by atoms with E-state index in [1.54, 1.807) is 0 Å². The normalized spacial score (nSPS) is 25.3. The molecule has 114 valence electrons. The zero-order valence-electron chi connectivity index (χ0n) is 12.0. The lowest BCUT2D eigenvalue weighted by Crippen LogP contribution is -2.56. The Morgan fingerprint density at radius 3 is 2.62 bits per heavy atom. The van der Waals surface area contributed by atoms with Crippen LogP contribution in [-0.2, 0) is 4.79 Å². The van der Waals surface area contributed by atoms with Crippen LogP contribution in [0.4, 0.5) is 0 Å². The maximum absolute atomic E-state index is 12.2. The number of aromatic amines is 1. The van der Waals surface area contributed by atoms with Gasteiger partial charge < -0.3 is 15.4 Å². The summed E-state index contributed by atoms with van der Waals surface area (Å²) in [6, 6.07) is 1.25. The Morgan fingerprint density at radius 1 is 1.43 bits per heavy atom. The van der Waals surface area contributed by atoms with Gasteiger partial charge in [-0.05, 0) is 31.6 Å². The molecule has 1 aliphatic rings. The van der Waals surface area contributed by atoms with E-state index < -0.39 is 22.8 Å². The zero-order chi connectivity index (χ0) is 15.5. The summed E-state index contributed by atoms with van der Waals surface area (Å²) in [5.74, 6) is -1.15. The molecule has 6 heteroatoms. The van der Waals surface area contributed by atoms with Crippen LogP contribution in [0.5, 0.6) is 0 Å². The van der Waals surface area contributed by atoms with Gasteiger partial charge in [-0.15, -0.1) is 0 Å². The summed E-state index contributed by atoms with van der Waals surface area (Å²) in [6.07, 6.45) is 6.09. The molecule has 0 radical (unpaired) electrons. The van der Waals surface area contributed by atoms with Crippen molar-refractivity contribution < 1.29 is 14.7 Å². The number of H-pyrrole nitrogens is 1. The largest absolute Gasteiger partial charge is 0.480 e. The third-order valence-electron chi connectivity index (χ3n) is 4.37. The fourth-order valence-corrected chi connectivity index (χ4v) is 2.85. The van der Waals surface area contributed by atoms with Crippen molar-refractivity contribution in [3.63, 3.8) is 0 Å². The standard InChI is InChI=1S/C15H20N2O4/c1-2-10-3-6-15(7-4-10,14(20)21)17-13(19)11-9-16-8-5-12(11)18/h5,8-10H,2-4,6-7H2,1H3,(H,16,18)(H,17,19)(H,20,21). The minimum Gasteiger partial charge on any atom is -0.480 e. The van der Waals surface area contributed by atoms with Gasteiger partial charge in [-0.25, -0.2) is 4.79 Å². The van der Waals surface area contributed by atoms with E-state index in [1.165, 1.54) is 18.5 Å². The lowest BCUT2D eigenvalue weighted by Gasteiger charge is -2.37. The van der Waals surface area contributed by atoms with Gasteiger partial charge in [0.15, 0.2) is 5.43 Å². The van der Waals surface area contributed by atoms with E-state index in [-0.39, 0.29) is 5.56 Å². The first kappa shape index (κ1) is 15.3. The summed E-state index contributed by atoms with van der Waals surface area (Å²) in [5, 5.41) is 12.1. The van der Waals surface area contributed by atoms with E-state index in [4.69, 9.17) is 0 Å². The number of rotatable bonds is 4. The van der Waals surface area contributed by atoms with Gasteiger partial charge in [-0.3, -0.25) is 9.59 Å². The second-order valence-electron chi connectivity index (χ2n) is 5.62. The van der Waals surface area contributed by atoms with Gasteiger partial charge in [0.05, 0.1) is 0 Å². The molecule has 0 unspecified atom stereocenters. The number of aromatic nitrogens is 1. The number of carbonyl (C=O) groups is 2. The molecule has 1 aromatic heterocycles. The summed E-state index contributed by atoms with van der Waals surface area (Å²) in [7, 11) is 0. The van der Waals surface area contributed by atoms with Crippen LogP contribution in [0.3, 0.4) is 0 Å². The van der Waals surface area contributed by atoms with E-state index in [0.29, 0.717) is 18.8 Å². The van der Waals surface area contributed by atoms with Gasteiger partial charge in [-0.1, -0.05) is 13.3 Å². The highest BCUT2D eigenvalue weighted by molar-refractivity contribution is 5.97. The van der Waals surface area contributed by atoms with Gasteiger partial charge in [0.1, 0.15) is 11.1 Å². The smallest absolute Gasteiger partial charge is 0.329 e. The molecule has 2 rings (SSSR count). The van der Waals surface area contributed by atoms with Crippen molar-refractivity contribution >= 4 is 11.9 Å². The average Bonchev–Trinajstić information content (AvgIpc) is 2.48. The predicted octanol–water partition coefficient (Wildman–Crippen LogP) is 1.53. The molecular formula is C15H20N2O4. The van der Waals surface area contributed by atoms with Crippen LogP contribution in [0.15, 0.2) is 23.3 Å². The van der Waals surface area contributed by atoms with Crippen molar-refractivity contribution in [3.8, 4) is 0 Å². The Labute approximate surface area is 122 Å². The van der Waals surface area contributed by atoms with Crippen LogP contribution in [0.2, 0.25) is 0 Å². The number of carboxylic acids is 1. The first-order valence-electron chi connectivity index (χ1n) is 7.21. The minimum absolute atomic E-state index is 0.0595. The van der Waals surface area contributed by atoms with Gasteiger partial charge in [0, 0.05) is 18.5 Å². The van der Waals surface area contributed by atoms with E-state index in [9.17, 15) is 19.5 Å². The summed E-state index contributed by atoms with van der Waals surface area (Å²) in [6.45, 7) is 2.08. The van der Waals surface area contributed by atoms with E-state index in [2.05, 4.69) is 17.2 Å². The van der Waals surface area contributed by atoms with Crippen LogP contribution in [0.1, 0.15) is 49.4 Å². The molecule has 1 saturated carbocycles. The fourth-order valence-electron chi connectivity index (χ4n) is 2.85. The number of carboxylic acid groups (broad SMARTS) is 1. The summed E-state index contributed by atoms with van der Waals surface area (Å²) in [5.41, 5.74) is -1.74. The van der Waals surface area contributed by atoms with Crippen molar-refractivity contribution in [3.05, 3.63) is 34.2 Å². The number of carbonyl (C=O) groups excluding carboxylic acids is 1. The van der Waals surface area contributed by atoms with Crippen LogP contribution in [-0.4, -0.2) is 27.5 Å². The van der Waals surface area contributed by atoms with Gasteiger partial charge in [-0.2, -0.15) is 0 Å². The Kier molecular flexibility index (Phi) is 4.45. The van der Waals surface area contributed by atoms with Crippen molar-refractivity contribution in [2.75, 3.05) is 0 Å². The topological polar surface area (TPSA) is 99.3 Å². The number of nitrogens with one attached hydrogen (secondary N) is 2. The third-order valence-corrected chi connectivity index (χ3v) is 4.37. The molecule has 0 spiro atoms. The Morgan fingerprint density at radius 2 is 2.10 bits per heavy atom. The highest BCUT2D eigenvalue weighted by Crippen LogP contribution is 2.34. The molecule has 1 fully saturated rings. The SMILES string of the molecule is CCC1CCC(NC(=O)c2c[nH]ccc2=O)(C(=O)O)CC1. The zero-order valence-corrected chi connectivity index (χ0v) is 12.0. The quantitative estimate of drug-likeness (QED) is 0.783. The highest BCUT2D eigenvalue weighted by Gasteiger charge is 2.43. The van der Waals surface area contributed by atoms with E-state index in [1.807, 2.05) is 0 Å². The van der Waals surface area contributed by atoms with Crippen molar-refractivity contribution in [1.29, 1.82) is 0 Å². The van der Waals surface area contributed by atoms with E-state index in [0.717, 1.165) is 19.3 Å². The molecule has 21 heavy (non-hydrogen) atoms. The molecule has 0 aromatic carbocycles. The molecule has 6 nitrogen and oxygen atoms in total. The van der Waals surface area contributed by atoms with Gasteiger partial charge >= 0.3 is 5.97 Å². The maximum atomic E-state index is 12.2. The molecule has 0 saturated heterocycles. The number of hydrogen-bond donors (Lipinski definition) is 3. The second kappa shape index (κ2) is 6.11. The third kappa shape index (κ3) is 3.15. The minimum atomic E-state index is -1.26. The first-order valence-corrected chi connectivity index (χ1v) is 7.21. The second-order valence-corrected chi connectivity index (χ2v) is 5.62. The molecule has 3 N–H and O–H groups in total. The lowest BCUT2D eigenvalue weighted by molar-refractivity contribution is -0.146.